The summed E-state index contributed by atoms with van der Waals surface area (Å²) < 4.78 is 58.0. The molecule has 0 aromatic heterocycles. The van der Waals surface area contributed by atoms with E-state index in [2.05, 4.69) is 21.2 Å². The zero-order valence-corrected chi connectivity index (χ0v) is 12.7. The van der Waals surface area contributed by atoms with Crippen molar-refractivity contribution < 1.29 is 22.3 Å². The summed E-state index contributed by atoms with van der Waals surface area (Å²) in [7, 11) is 0. The van der Waals surface area contributed by atoms with Gasteiger partial charge in [-0.2, -0.15) is 8.78 Å². The molecule has 114 valence electrons. The lowest BCUT2D eigenvalue weighted by Crippen LogP contribution is -2.42. The molecule has 0 saturated heterocycles. The lowest BCUT2D eigenvalue weighted by molar-refractivity contribution is -0.151. The van der Waals surface area contributed by atoms with Gasteiger partial charge in [-0.15, -0.1) is 0 Å². The van der Waals surface area contributed by atoms with E-state index >= 15 is 0 Å². The summed E-state index contributed by atoms with van der Waals surface area (Å²) in [4.78, 5) is 0. The standard InChI is InChI=1S/C13H16BrF4NO/c1-3-19-11(13(17,18)12(15)16)8-5-6-10(20-4-2)9(14)7-8/h5-7,11-12,19H,3-4H2,1-2H3. The van der Waals surface area contributed by atoms with Crippen LogP contribution in [0.15, 0.2) is 22.7 Å². The second kappa shape index (κ2) is 7.26. The van der Waals surface area contributed by atoms with Crippen LogP contribution in [-0.2, 0) is 0 Å². The van der Waals surface area contributed by atoms with Crippen LogP contribution in [0.2, 0.25) is 0 Å². The van der Waals surface area contributed by atoms with Gasteiger partial charge in [0.05, 0.1) is 11.1 Å². The minimum absolute atomic E-state index is 0.0764. The fourth-order valence-electron chi connectivity index (χ4n) is 1.78. The van der Waals surface area contributed by atoms with E-state index in [1.54, 1.807) is 13.8 Å². The van der Waals surface area contributed by atoms with Crippen LogP contribution in [0.3, 0.4) is 0 Å². The van der Waals surface area contributed by atoms with Gasteiger partial charge in [-0.3, -0.25) is 0 Å². The lowest BCUT2D eigenvalue weighted by Gasteiger charge is -2.27. The predicted molar refractivity (Wildman–Crippen MR) is 72.7 cm³/mol. The van der Waals surface area contributed by atoms with Crippen LogP contribution < -0.4 is 10.1 Å². The molecule has 0 fully saturated rings. The molecule has 7 heteroatoms. The van der Waals surface area contributed by atoms with Crippen LogP contribution in [0.4, 0.5) is 17.6 Å². The van der Waals surface area contributed by atoms with Gasteiger partial charge < -0.3 is 10.1 Å². The van der Waals surface area contributed by atoms with E-state index in [0.717, 1.165) is 0 Å². The molecule has 1 atom stereocenters. The Balaban J connectivity index is 3.13. The average molecular weight is 358 g/mol. The first-order valence-corrected chi connectivity index (χ1v) is 6.95. The molecule has 2 nitrogen and oxygen atoms in total. The van der Waals surface area contributed by atoms with E-state index in [0.29, 0.717) is 16.8 Å². The number of benzene rings is 1. The molecule has 0 aliphatic carbocycles. The van der Waals surface area contributed by atoms with Crippen molar-refractivity contribution in [3.63, 3.8) is 0 Å². The first-order chi connectivity index (χ1) is 9.34. The largest absolute Gasteiger partial charge is 0.493 e. The highest BCUT2D eigenvalue weighted by Gasteiger charge is 2.49. The van der Waals surface area contributed by atoms with E-state index in [4.69, 9.17) is 4.74 Å². The quantitative estimate of drug-likeness (QED) is 0.730. The van der Waals surface area contributed by atoms with Crippen LogP contribution in [0.5, 0.6) is 5.75 Å². The SMILES string of the molecule is CCNC(c1ccc(OCC)c(Br)c1)C(F)(F)C(F)F. The summed E-state index contributed by atoms with van der Waals surface area (Å²) in [5.41, 5.74) is 0.0764. The first kappa shape index (κ1) is 17.2. The molecule has 20 heavy (non-hydrogen) atoms. The maximum Gasteiger partial charge on any atom is 0.326 e. The fraction of sp³-hybridized carbons (Fsp3) is 0.538. The second-order valence-electron chi connectivity index (χ2n) is 4.09. The minimum Gasteiger partial charge on any atom is -0.493 e. The van der Waals surface area contributed by atoms with Gasteiger partial charge >= 0.3 is 12.3 Å². The Bertz CT molecular complexity index is 442. The van der Waals surface area contributed by atoms with Crippen molar-refractivity contribution in [3.05, 3.63) is 28.2 Å². The Morgan fingerprint density at radius 1 is 1.30 bits per heavy atom. The van der Waals surface area contributed by atoms with Gasteiger partial charge in [-0.05, 0) is 47.1 Å². The average Bonchev–Trinajstić information content (AvgIpc) is 2.38. The van der Waals surface area contributed by atoms with E-state index in [-0.39, 0.29) is 12.1 Å². The molecule has 0 spiro atoms. The summed E-state index contributed by atoms with van der Waals surface area (Å²) in [6.07, 6.45) is -3.74. The molecule has 1 aromatic carbocycles. The fourth-order valence-corrected chi connectivity index (χ4v) is 2.29. The number of ether oxygens (including phenoxy) is 1. The summed E-state index contributed by atoms with van der Waals surface area (Å²) >= 11 is 3.19. The topological polar surface area (TPSA) is 21.3 Å². The molecular formula is C13H16BrF4NO. The molecular weight excluding hydrogens is 342 g/mol. The van der Waals surface area contributed by atoms with Gasteiger partial charge in [0.25, 0.3) is 0 Å². The van der Waals surface area contributed by atoms with Crippen molar-refractivity contribution in [2.75, 3.05) is 13.2 Å². The Kier molecular flexibility index (Phi) is 6.26. The lowest BCUT2D eigenvalue weighted by atomic mass is 10.0. The number of halogens is 5. The number of hydrogen-bond donors (Lipinski definition) is 1. The van der Waals surface area contributed by atoms with Crippen molar-refractivity contribution in [1.82, 2.24) is 5.32 Å². The number of hydrogen-bond acceptors (Lipinski definition) is 2. The molecule has 0 aliphatic rings. The third kappa shape index (κ3) is 3.85. The van der Waals surface area contributed by atoms with Crippen LogP contribution in [0.1, 0.15) is 25.5 Å². The Morgan fingerprint density at radius 2 is 1.95 bits per heavy atom. The third-order valence-corrected chi connectivity index (χ3v) is 3.29. The first-order valence-electron chi connectivity index (χ1n) is 6.16. The highest BCUT2D eigenvalue weighted by molar-refractivity contribution is 9.10. The monoisotopic (exact) mass is 357 g/mol. The molecule has 1 N–H and O–H groups in total. The van der Waals surface area contributed by atoms with Gasteiger partial charge in [0, 0.05) is 0 Å². The Morgan fingerprint density at radius 3 is 2.40 bits per heavy atom. The smallest absolute Gasteiger partial charge is 0.326 e. The summed E-state index contributed by atoms with van der Waals surface area (Å²) in [6, 6.07) is 2.46. The molecule has 1 aromatic rings. The molecule has 0 aliphatic heterocycles. The normalized spacial score (nSPS) is 13.6. The minimum atomic E-state index is -4.15. The molecule has 0 heterocycles. The zero-order valence-electron chi connectivity index (χ0n) is 11.1. The maximum absolute atomic E-state index is 13.6. The Hall–Kier alpha value is -0.820. The van der Waals surface area contributed by atoms with Crippen molar-refractivity contribution in [3.8, 4) is 5.75 Å². The molecule has 1 rings (SSSR count). The van der Waals surface area contributed by atoms with Crippen LogP contribution >= 0.6 is 15.9 Å². The van der Waals surface area contributed by atoms with Gasteiger partial charge in [-0.1, -0.05) is 13.0 Å². The van der Waals surface area contributed by atoms with Gasteiger partial charge in [0.2, 0.25) is 0 Å². The molecule has 0 amide bonds. The van der Waals surface area contributed by atoms with Gasteiger partial charge in [0.15, 0.2) is 0 Å². The van der Waals surface area contributed by atoms with E-state index in [9.17, 15) is 17.6 Å². The Labute approximate surface area is 123 Å². The van der Waals surface area contributed by atoms with Crippen molar-refractivity contribution in [2.45, 2.75) is 32.2 Å². The molecule has 0 bridgehead atoms. The molecule has 0 saturated carbocycles. The van der Waals surface area contributed by atoms with Crippen LogP contribution in [0.25, 0.3) is 0 Å². The highest BCUT2D eigenvalue weighted by atomic mass is 79.9. The van der Waals surface area contributed by atoms with E-state index in [1.807, 2.05) is 0 Å². The van der Waals surface area contributed by atoms with Crippen LogP contribution in [-0.4, -0.2) is 25.5 Å². The van der Waals surface area contributed by atoms with Gasteiger partial charge in [-0.25, -0.2) is 8.78 Å². The summed E-state index contributed by atoms with van der Waals surface area (Å²) in [5.74, 6) is -3.67. The molecule has 0 radical (unpaired) electrons. The van der Waals surface area contributed by atoms with Crippen molar-refractivity contribution >= 4 is 15.9 Å². The zero-order chi connectivity index (χ0) is 15.3. The molecule has 1 unspecified atom stereocenters. The predicted octanol–water partition coefficient (Wildman–Crippen LogP) is 4.40. The van der Waals surface area contributed by atoms with Crippen LogP contribution in [0, 0.1) is 0 Å². The summed E-state index contributed by atoms with van der Waals surface area (Å²) in [6.45, 7) is 3.94. The van der Waals surface area contributed by atoms with Crippen molar-refractivity contribution in [2.24, 2.45) is 0 Å². The number of alkyl halides is 4. The highest BCUT2D eigenvalue weighted by Crippen LogP contribution is 2.38. The number of nitrogens with one attached hydrogen (secondary N) is 1. The second-order valence-corrected chi connectivity index (χ2v) is 4.94. The summed E-state index contributed by atoms with van der Waals surface area (Å²) in [5, 5.41) is 2.41. The number of rotatable bonds is 7. The third-order valence-electron chi connectivity index (χ3n) is 2.67. The maximum atomic E-state index is 13.6. The van der Waals surface area contributed by atoms with E-state index < -0.39 is 18.4 Å². The van der Waals surface area contributed by atoms with Crippen molar-refractivity contribution in [1.29, 1.82) is 0 Å². The van der Waals surface area contributed by atoms with E-state index in [1.165, 1.54) is 18.2 Å². The van der Waals surface area contributed by atoms with Gasteiger partial charge in [0.1, 0.15) is 11.8 Å².